The predicted octanol–water partition coefficient (Wildman–Crippen LogP) is 2.54. The van der Waals surface area contributed by atoms with Crippen molar-refractivity contribution in [1.29, 1.82) is 0 Å². The number of hydrogen-bond acceptors (Lipinski definition) is 3. The molecular weight excluding hydrogens is 176 g/mol. The van der Waals surface area contributed by atoms with Crippen LogP contribution in [0.3, 0.4) is 0 Å². The van der Waals surface area contributed by atoms with Crippen molar-refractivity contribution < 1.29 is 5.21 Å². The van der Waals surface area contributed by atoms with Gasteiger partial charge in [0.25, 0.3) is 0 Å². The Kier molecular flexibility index (Phi) is 3.02. The molecule has 74 valence electrons. The molecule has 0 fully saturated rings. The van der Waals surface area contributed by atoms with Crippen LogP contribution in [-0.4, -0.2) is 15.9 Å². The van der Waals surface area contributed by atoms with E-state index in [0.717, 1.165) is 22.5 Å². The summed E-state index contributed by atoms with van der Waals surface area (Å²) >= 11 is 0. The Labute approximate surface area is 83.8 Å². The molecule has 0 aliphatic heterocycles. The van der Waals surface area contributed by atoms with Gasteiger partial charge in [-0.15, -0.1) is 0 Å². The van der Waals surface area contributed by atoms with Gasteiger partial charge in [-0.25, -0.2) is 0 Å². The monoisotopic (exact) mass is 190 g/mol. The molecule has 0 aliphatic rings. The zero-order valence-electron chi connectivity index (χ0n) is 8.70. The lowest BCUT2D eigenvalue weighted by Crippen LogP contribution is -2.03. The number of hydrogen-bond donors (Lipinski definition) is 1. The molecule has 0 aromatic carbocycles. The van der Waals surface area contributed by atoms with Crippen molar-refractivity contribution in [2.75, 3.05) is 0 Å². The SMILES string of the molecule is C=Cc1nc(C)c(/C(C)=N/O)cc1C. The van der Waals surface area contributed by atoms with Crippen molar-refractivity contribution in [1.82, 2.24) is 4.98 Å². The van der Waals surface area contributed by atoms with E-state index in [1.165, 1.54) is 0 Å². The first-order chi connectivity index (χ1) is 6.60. The maximum atomic E-state index is 8.67. The zero-order valence-corrected chi connectivity index (χ0v) is 8.70. The molecule has 14 heavy (non-hydrogen) atoms. The van der Waals surface area contributed by atoms with Crippen LogP contribution in [0.25, 0.3) is 6.08 Å². The second-order valence-electron chi connectivity index (χ2n) is 3.21. The highest BCUT2D eigenvalue weighted by Crippen LogP contribution is 2.14. The van der Waals surface area contributed by atoms with E-state index in [1.807, 2.05) is 19.9 Å². The van der Waals surface area contributed by atoms with Gasteiger partial charge in [0.2, 0.25) is 0 Å². The van der Waals surface area contributed by atoms with E-state index >= 15 is 0 Å². The topological polar surface area (TPSA) is 45.5 Å². The lowest BCUT2D eigenvalue weighted by atomic mass is 10.1. The summed E-state index contributed by atoms with van der Waals surface area (Å²) in [6.07, 6.45) is 1.72. The highest BCUT2D eigenvalue weighted by molar-refractivity contribution is 5.99. The maximum absolute atomic E-state index is 8.67. The molecule has 1 rings (SSSR count). The van der Waals surface area contributed by atoms with E-state index in [0.29, 0.717) is 5.71 Å². The molecule has 1 aromatic heterocycles. The average molecular weight is 190 g/mol. The average Bonchev–Trinajstić information content (AvgIpc) is 2.19. The Hall–Kier alpha value is -1.64. The summed E-state index contributed by atoms with van der Waals surface area (Å²) in [5.41, 5.74) is 4.20. The van der Waals surface area contributed by atoms with Crippen LogP contribution in [-0.2, 0) is 0 Å². The van der Waals surface area contributed by atoms with Crippen LogP contribution >= 0.6 is 0 Å². The van der Waals surface area contributed by atoms with Gasteiger partial charge in [0.15, 0.2) is 0 Å². The quantitative estimate of drug-likeness (QED) is 0.442. The van der Waals surface area contributed by atoms with Crippen LogP contribution in [0, 0.1) is 13.8 Å². The predicted molar refractivity (Wildman–Crippen MR) is 57.8 cm³/mol. The minimum Gasteiger partial charge on any atom is -0.411 e. The van der Waals surface area contributed by atoms with Crippen molar-refractivity contribution in [3.63, 3.8) is 0 Å². The lowest BCUT2D eigenvalue weighted by molar-refractivity contribution is 0.319. The summed E-state index contributed by atoms with van der Waals surface area (Å²) in [6.45, 7) is 9.27. The minimum atomic E-state index is 0.578. The maximum Gasteiger partial charge on any atom is 0.0855 e. The highest BCUT2D eigenvalue weighted by atomic mass is 16.4. The molecule has 3 heteroatoms. The van der Waals surface area contributed by atoms with Crippen LogP contribution in [0.4, 0.5) is 0 Å². The molecule has 0 atom stereocenters. The third-order valence-corrected chi connectivity index (χ3v) is 2.18. The molecule has 0 spiro atoms. The van der Waals surface area contributed by atoms with Gasteiger partial charge in [-0.1, -0.05) is 11.7 Å². The molecule has 0 amide bonds. The highest BCUT2D eigenvalue weighted by Gasteiger charge is 2.06. The molecule has 0 aliphatic carbocycles. The molecule has 0 unspecified atom stereocenters. The summed E-state index contributed by atoms with van der Waals surface area (Å²) in [7, 11) is 0. The van der Waals surface area contributed by atoms with E-state index in [4.69, 9.17) is 5.21 Å². The first-order valence-corrected chi connectivity index (χ1v) is 4.40. The van der Waals surface area contributed by atoms with Crippen molar-refractivity contribution in [3.8, 4) is 0 Å². The first-order valence-electron chi connectivity index (χ1n) is 4.40. The number of nitrogens with zero attached hydrogens (tertiary/aromatic N) is 2. The summed E-state index contributed by atoms with van der Waals surface area (Å²) in [5.74, 6) is 0. The molecule has 0 saturated heterocycles. The fourth-order valence-electron chi connectivity index (χ4n) is 1.35. The van der Waals surface area contributed by atoms with Crippen molar-refractivity contribution in [2.45, 2.75) is 20.8 Å². The van der Waals surface area contributed by atoms with Gasteiger partial charge in [-0.3, -0.25) is 4.98 Å². The summed E-state index contributed by atoms with van der Waals surface area (Å²) in [5, 5.41) is 11.8. The molecular formula is C11H14N2O. The van der Waals surface area contributed by atoms with Gasteiger partial charge >= 0.3 is 0 Å². The number of rotatable bonds is 2. The van der Waals surface area contributed by atoms with Crippen LogP contribution in [0.2, 0.25) is 0 Å². The first kappa shape index (κ1) is 10.4. The number of aromatic nitrogens is 1. The van der Waals surface area contributed by atoms with Crippen LogP contribution in [0.5, 0.6) is 0 Å². The van der Waals surface area contributed by atoms with Crippen LogP contribution in [0.1, 0.15) is 29.4 Å². The van der Waals surface area contributed by atoms with Gasteiger partial charge in [-0.05, 0) is 38.5 Å². The van der Waals surface area contributed by atoms with Crippen molar-refractivity contribution in [2.24, 2.45) is 5.16 Å². The second-order valence-corrected chi connectivity index (χ2v) is 3.21. The molecule has 3 nitrogen and oxygen atoms in total. The Bertz CT molecular complexity index is 395. The smallest absolute Gasteiger partial charge is 0.0855 e. The molecule has 1 aromatic rings. The number of aryl methyl sites for hydroxylation is 2. The molecule has 0 saturated carbocycles. The van der Waals surface area contributed by atoms with E-state index in [1.54, 1.807) is 13.0 Å². The lowest BCUT2D eigenvalue weighted by Gasteiger charge is -2.07. The summed E-state index contributed by atoms with van der Waals surface area (Å²) in [4.78, 5) is 4.35. The Morgan fingerprint density at radius 3 is 2.71 bits per heavy atom. The number of pyridine rings is 1. The molecule has 0 radical (unpaired) electrons. The van der Waals surface area contributed by atoms with Gasteiger partial charge in [0.05, 0.1) is 11.4 Å². The van der Waals surface area contributed by atoms with Gasteiger partial charge < -0.3 is 5.21 Å². The molecule has 0 bridgehead atoms. The largest absolute Gasteiger partial charge is 0.411 e. The fourth-order valence-corrected chi connectivity index (χ4v) is 1.35. The summed E-state index contributed by atoms with van der Waals surface area (Å²) in [6, 6.07) is 1.95. The van der Waals surface area contributed by atoms with Gasteiger partial charge in [0, 0.05) is 11.3 Å². The van der Waals surface area contributed by atoms with E-state index in [-0.39, 0.29) is 0 Å². The Morgan fingerprint density at radius 2 is 2.21 bits per heavy atom. The van der Waals surface area contributed by atoms with E-state index in [2.05, 4.69) is 16.7 Å². The van der Waals surface area contributed by atoms with Crippen LogP contribution < -0.4 is 0 Å². The standard InChI is InChI=1S/C11H14N2O/c1-5-11-7(2)6-10(8(3)12-11)9(4)13-14/h5-6,14H,1H2,2-4H3/b13-9+. The number of oxime groups is 1. The van der Waals surface area contributed by atoms with Crippen molar-refractivity contribution >= 4 is 11.8 Å². The Morgan fingerprint density at radius 1 is 1.57 bits per heavy atom. The van der Waals surface area contributed by atoms with Gasteiger partial charge in [-0.2, -0.15) is 0 Å². The minimum absolute atomic E-state index is 0.578. The normalized spacial score (nSPS) is 11.5. The fraction of sp³-hybridized carbons (Fsp3) is 0.273. The molecule has 1 N–H and O–H groups in total. The zero-order chi connectivity index (χ0) is 10.7. The third kappa shape index (κ3) is 1.82. The summed E-state index contributed by atoms with van der Waals surface area (Å²) < 4.78 is 0. The third-order valence-electron chi connectivity index (χ3n) is 2.18. The van der Waals surface area contributed by atoms with E-state index in [9.17, 15) is 0 Å². The van der Waals surface area contributed by atoms with Gasteiger partial charge in [0.1, 0.15) is 0 Å². The van der Waals surface area contributed by atoms with E-state index < -0.39 is 0 Å². The second kappa shape index (κ2) is 4.05. The van der Waals surface area contributed by atoms with Crippen molar-refractivity contribution in [3.05, 3.63) is 35.2 Å². The Balaban J connectivity index is 3.35. The van der Waals surface area contributed by atoms with Crippen LogP contribution in [0.15, 0.2) is 17.8 Å². The molecule has 1 heterocycles.